The highest BCUT2D eigenvalue weighted by atomic mass is 16.5. The molecule has 172 valence electrons. The number of nitrogens with zero attached hydrogens (tertiary/aromatic N) is 4. The Morgan fingerprint density at radius 1 is 0.939 bits per heavy atom. The zero-order valence-corrected chi connectivity index (χ0v) is 19.1. The summed E-state index contributed by atoms with van der Waals surface area (Å²) in [6.45, 7) is 4.65. The van der Waals surface area contributed by atoms with Crippen LogP contribution in [-0.4, -0.2) is 52.0 Å². The smallest absolute Gasteiger partial charge is 0.240 e. The monoisotopic (exact) mass is 444 g/mol. The van der Waals surface area contributed by atoms with Crippen molar-refractivity contribution in [1.82, 2.24) is 19.9 Å². The van der Waals surface area contributed by atoms with E-state index in [1.165, 1.54) is 12.8 Å². The van der Waals surface area contributed by atoms with Crippen LogP contribution >= 0.6 is 0 Å². The van der Waals surface area contributed by atoms with Crippen LogP contribution in [0.1, 0.15) is 60.9 Å². The molecule has 33 heavy (non-hydrogen) atoms. The first-order chi connectivity index (χ1) is 16.3. The van der Waals surface area contributed by atoms with E-state index in [1.54, 1.807) is 0 Å². The number of amides is 1. The molecule has 2 aromatic carbocycles. The molecule has 5 rings (SSSR count). The highest BCUT2D eigenvalue weighted by molar-refractivity contribution is 5.77. The highest BCUT2D eigenvalue weighted by Crippen LogP contribution is 2.30. The van der Waals surface area contributed by atoms with Gasteiger partial charge in [-0.25, -0.2) is 0 Å². The largest absolute Gasteiger partial charge is 0.343 e. The maximum Gasteiger partial charge on any atom is 0.240 e. The summed E-state index contributed by atoms with van der Waals surface area (Å²) in [5, 5.41) is 4.38. The number of aromatic nitrogens is 2. The zero-order chi connectivity index (χ0) is 22.5. The topological polar surface area (TPSA) is 62.5 Å². The van der Waals surface area contributed by atoms with Crippen LogP contribution in [0.25, 0.3) is 0 Å². The Kier molecular flexibility index (Phi) is 6.81. The zero-order valence-electron chi connectivity index (χ0n) is 19.1. The molecule has 0 aliphatic carbocycles. The van der Waals surface area contributed by atoms with Gasteiger partial charge in [0, 0.05) is 19.5 Å². The Labute approximate surface area is 195 Å². The Balaban J connectivity index is 1.19. The van der Waals surface area contributed by atoms with Gasteiger partial charge in [0.1, 0.15) is 0 Å². The number of likely N-dealkylation sites (tertiary alicyclic amines) is 2. The number of benzene rings is 2. The number of hydrogen-bond donors (Lipinski definition) is 0. The fourth-order valence-electron chi connectivity index (χ4n) is 5.13. The predicted octanol–water partition coefficient (Wildman–Crippen LogP) is 4.47. The number of hydrogen-bond acceptors (Lipinski definition) is 5. The number of carbonyl (C=O) groups excluding carboxylic acids is 1. The Morgan fingerprint density at radius 2 is 1.61 bits per heavy atom. The molecule has 2 aliphatic rings. The molecule has 3 heterocycles. The lowest BCUT2D eigenvalue weighted by Gasteiger charge is -2.31. The van der Waals surface area contributed by atoms with Crippen molar-refractivity contribution < 1.29 is 9.32 Å². The summed E-state index contributed by atoms with van der Waals surface area (Å²) >= 11 is 0. The molecule has 6 nitrogen and oxygen atoms in total. The second-order valence-corrected chi connectivity index (χ2v) is 9.29. The van der Waals surface area contributed by atoms with Gasteiger partial charge in [-0.1, -0.05) is 65.8 Å². The van der Waals surface area contributed by atoms with Crippen LogP contribution in [0, 0.1) is 5.92 Å². The molecule has 1 aromatic heterocycles. The third-order valence-corrected chi connectivity index (χ3v) is 7.05. The number of piperidine rings is 1. The Hall–Kier alpha value is -2.99. The van der Waals surface area contributed by atoms with Crippen molar-refractivity contribution in [2.75, 3.05) is 26.2 Å². The normalized spacial score (nSPS) is 17.8. The maximum atomic E-state index is 11.8. The second-order valence-electron chi connectivity index (χ2n) is 9.29. The lowest BCUT2D eigenvalue weighted by molar-refractivity contribution is -0.127. The molecule has 0 N–H and O–H groups in total. The van der Waals surface area contributed by atoms with Gasteiger partial charge in [-0.3, -0.25) is 9.69 Å². The number of carbonyl (C=O) groups is 1. The van der Waals surface area contributed by atoms with Gasteiger partial charge < -0.3 is 9.42 Å². The third-order valence-electron chi connectivity index (χ3n) is 7.05. The summed E-state index contributed by atoms with van der Waals surface area (Å²) in [5.41, 5.74) is 2.32. The van der Waals surface area contributed by atoms with Crippen molar-refractivity contribution in [3.8, 4) is 0 Å². The third kappa shape index (κ3) is 5.33. The minimum absolute atomic E-state index is 0.0380. The second kappa shape index (κ2) is 10.3. The van der Waals surface area contributed by atoms with E-state index in [2.05, 4.69) is 58.6 Å². The molecule has 2 saturated heterocycles. The standard InChI is InChI=1S/C27H32N4O2/c32-25-12-7-16-31(25)19-15-21-13-17-30(18-14-21)20-24-28-27(29-33-24)26(22-8-3-1-4-9-22)23-10-5-2-6-11-23/h1-6,8-11,21,26H,7,12-20H2. The van der Waals surface area contributed by atoms with Crippen LogP contribution in [0.15, 0.2) is 65.2 Å². The SMILES string of the molecule is O=C1CCCN1CCC1CCN(Cc2nc(C(c3ccccc3)c3ccccc3)no2)CC1. The summed E-state index contributed by atoms with van der Waals surface area (Å²) in [6, 6.07) is 20.7. The summed E-state index contributed by atoms with van der Waals surface area (Å²) in [6.07, 6.45) is 5.22. The average molecular weight is 445 g/mol. The summed E-state index contributed by atoms with van der Waals surface area (Å²) in [4.78, 5) is 21.1. The fraction of sp³-hybridized carbons (Fsp3) is 0.444. The van der Waals surface area contributed by atoms with Crippen molar-refractivity contribution in [3.05, 3.63) is 83.5 Å². The molecule has 0 bridgehead atoms. The number of rotatable bonds is 8. The van der Waals surface area contributed by atoms with Crippen molar-refractivity contribution in [1.29, 1.82) is 0 Å². The van der Waals surface area contributed by atoms with Crippen molar-refractivity contribution in [3.63, 3.8) is 0 Å². The first-order valence-corrected chi connectivity index (χ1v) is 12.2. The van der Waals surface area contributed by atoms with E-state index in [-0.39, 0.29) is 5.92 Å². The van der Waals surface area contributed by atoms with Crippen molar-refractivity contribution in [2.24, 2.45) is 5.92 Å². The minimum Gasteiger partial charge on any atom is -0.343 e. The Bertz CT molecular complexity index is 989. The van der Waals surface area contributed by atoms with E-state index in [1.807, 2.05) is 17.0 Å². The molecule has 3 aromatic rings. The van der Waals surface area contributed by atoms with Crippen LogP contribution in [0.5, 0.6) is 0 Å². The quantitative estimate of drug-likeness (QED) is 0.513. The fourth-order valence-corrected chi connectivity index (χ4v) is 5.13. The van der Waals surface area contributed by atoms with Crippen LogP contribution < -0.4 is 0 Å². The molecule has 0 radical (unpaired) electrons. The van der Waals surface area contributed by atoms with Gasteiger partial charge in [-0.2, -0.15) is 4.98 Å². The first-order valence-electron chi connectivity index (χ1n) is 12.2. The predicted molar refractivity (Wildman–Crippen MR) is 127 cm³/mol. The van der Waals surface area contributed by atoms with Gasteiger partial charge in [0.15, 0.2) is 5.82 Å². The van der Waals surface area contributed by atoms with E-state index in [4.69, 9.17) is 9.51 Å². The van der Waals surface area contributed by atoms with Crippen LogP contribution in [0.4, 0.5) is 0 Å². The molecule has 6 heteroatoms. The molecule has 0 unspecified atom stereocenters. The summed E-state index contributed by atoms with van der Waals surface area (Å²) in [7, 11) is 0. The molecule has 2 fully saturated rings. The van der Waals surface area contributed by atoms with E-state index < -0.39 is 0 Å². The first kappa shape index (κ1) is 21.8. The molecular weight excluding hydrogens is 412 g/mol. The van der Waals surface area contributed by atoms with E-state index in [0.717, 1.165) is 56.6 Å². The lowest BCUT2D eigenvalue weighted by Crippen LogP contribution is -2.35. The Morgan fingerprint density at radius 3 is 2.21 bits per heavy atom. The highest BCUT2D eigenvalue weighted by Gasteiger charge is 2.26. The van der Waals surface area contributed by atoms with E-state index >= 15 is 0 Å². The molecule has 0 atom stereocenters. The van der Waals surface area contributed by atoms with Gasteiger partial charge in [0.25, 0.3) is 0 Å². The summed E-state index contributed by atoms with van der Waals surface area (Å²) < 4.78 is 5.70. The lowest BCUT2D eigenvalue weighted by atomic mass is 9.91. The van der Waals surface area contributed by atoms with E-state index in [9.17, 15) is 4.79 Å². The van der Waals surface area contributed by atoms with Gasteiger partial charge in [0.05, 0.1) is 12.5 Å². The van der Waals surface area contributed by atoms with Gasteiger partial charge in [-0.05, 0) is 55.8 Å². The molecule has 1 amide bonds. The van der Waals surface area contributed by atoms with Gasteiger partial charge in [-0.15, -0.1) is 0 Å². The van der Waals surface area contributed by atoms with Gasteiger partial charge in [0.2, 0.25) is 11.8 Å². The average Bonchev–Trinajstić information content (AvgIpc) is 3.49. The minimum atomic E-state index is -0.0380. The molecule has 0 saturated carbocycles. The summed E-state index contributed by atoms with van der Waals surface area (Å²) in [5.74, 6) is 2.40. The van der Waals surface area contributed by atoms with Gasteiger partial charge >= 0.3 is 0 Å². The van der Waals surface area contributed by atoms with Crippen LogP contribution in [-0.2, 0) is 11.3 Å². The maximum absolute atomic E-state index is 11.8. The molecular formula is C27H32N4O2. The van der Waals surface area contributed by atoms with Crippen molar-refractivity contribution in [2.45, 2.75) is 44.6 Å². The molecule has 2 aliphatic heterocycles. The van der Waals surface area contributed by atoms with Crippen LogP contribution in [0.3, 0.4) is 0 Å². The molecule has 0 spiro atoms. The van der Waals surface area contributed by atoms with Crippen molar-refractivity contribution >= 4 is 5.91 Å². The van der Waals surface area contributed by atoms with E-state index in [0.29, 0.717) is 30.1 Å². The van der Waals surface area contributed by atoms with Crippen LogP contribution in [0.2, 0.25) is 0 Å².